The number of likely N-dealkylation sites (tertiary alicyclic amines) is 1. The smallest absolute Gasteiger partial charge is 0.310 e. The van der Waals surface area contributed by atoms with Crippen molar-refractivity contribution in [3.8, 4) is 0 Å². The number of piperidine rings is 1. The molecule has 0 aromatic rings. The third-order valence-electron chi connectivity index (χ3n) is 9.28. The Morgan fingerprint density at radius 3 is 2.62 bits per heavy atom. The van der Waals surface area contributed by atoms with Gasteiger partial charge >= 0.3 is 11.9 Å². The fourth-order valence-electron chi connectivity index (χ4n) is 7.22. The zero-order valence-electron chi connectivity index (χ0n) is 22.4. The number of nitrogens with zero attached hydrogens (tertiary/aromatic N) is 1. The van der Waals surface area contributed by atoms with Crippen LogP contribution in [0.15, 0.2) is 0 Å². The zero-order chi connectivity index (χ0) is 26.4. The molecule has 0 unspecified atom stereocenters. The Bertz CT molecular complexity index is 897. The lowest BCUT2D eigenvalue weighted by Gasteiger charge is -2.59. The minimum absolute atomic E-state index is 0.0252. The molecule has 1 amide bonds. The van der Waals surface area contributed by atoms with Crippen molar-refractivity contribution >= 4 is 17.8 Å². The molecular weight excluding hydrogens is 482 g/mol. The molecule has 208 valence electrons. The Labute approximate surface area is 218 Å². The normalized spacial score (nSPS) is 42.9. The van der Waals surface area contributed by atoms with Gasteiger partial charge in [0.25, 0.3) is 0 Å². The van der Waals surface area contributed by atoms with Gasteiger partial charge in [0.15, 0.2) is 11.9 Å². The van der Waals surface area contributed by atoms with Gasteiger partial charge in [0.05, 0.1) is 18.9 Å². The maximum absolute atomic E-state index is 12.8. The first-order chi connectivity index (χ1) is 17.7. The summed E-state index contributed by atoms with van der Waals surface area (Å²) in [6, 6.07) is 0. The van der Waals surface area contributed by atoms with E-state index < -0.39 is 29.9 Å². The second-order valence-electron chi connectivity index (χ2n) is 11.7. The number of hydrogen-bond donors (Lipinski definition) is 0. The summed E-state index contributed by atoms with van der Waals surface area (Å²) in [6.45, 7) is 9.14. The first-order valence-corrected chi connectivity index (χ1v) is 14.0. The number of carbonyl (C=O) groups is 3. The largest absolute Gasteiger partial charge is 0.466 e. The van der Waals surface area contributed by atoms with Crippen LogP contribution in [0.25, 0.3) is 0 Å². The summed E-state index contributed by atoms with van der Waals surface area (Å²) < 4.78 is 23.5. The summed E-state index contributed by atoms with van der Waals surface area (Å²) >= 11 is 0. The van der Waals surface area contributed by atoms with Gasteiger partial charge in [0.1, 0.15) is 0 Å². The van der Waals surface area contributed by atoms with Crippen molar-refractivity contribution in [3.63, 3.8) is 0 Å². The Kier molecular flexibility index (Phi) is 7.57. The van der Waals surface area contributed by atoms with Crippen LogP contribution < -0.4 is 0 Å². The van der Waals surface area contributed by atoms with Gasteiger partial charge in [-0.05, 0) is 57.8 Å². The fourth-order valence-corrected chi connectivity index (χ4v) is 7.22. The number of esters is 2. The standard InChI is InChI=1S/C27H41NO9/c1-5-32-23(31)18-7-6-14-28(15-18)21(29)10-11-22(30)33-24-17(3)20-9-8-16(2)19-12-13-26(4)35-25(34-24)27(19,20)37-36-26/h16-20,24-25H,5-15H2,1-4H3/t16-,17-,18-,19-,20-,24-,25-,26-,27-/m1/s1. The van der Waals surface area contributed by atoms with Gasteiger partial charge in [-0.2, -0.15) is 0 Å². The van der Waals surface area contributed by atoms with Gasteiger partial charge < -0.3 is 23.8 Å². The summed E-state index contributed by atoms with van der Waals surface area (Å²) in [7, 11) is 0. The second-order valence-corrected chi connectivity index (χ2v) is 11.7. The van der Waals surface area contributed by atoms with E-state index in [4.69, 9.17) is 28.7 Å². The third kappa shape index (κ3) is 4.90. The van der Waals surface area contributed by atoms with Gasteiger partial charge in [-0.3, -0.25) is 14.4 Å². The van der Waals surface area contributed by atoms with Crippen LogP contribution in [0.1, 0.15) is 79.1 Å². The lowest BCUT2D eigenvalue weighted by molar-refractivity contribution is -0.576. The monoisotopic (exact) mass is 523 g/mol. The predicted octanol–water partition coefficient (Wildman–Crippen LogP) is 3.32. The summed E-state index contributed by atoms with van der Waals surface area (Å²) in [6.07, 6.45) is 3.57. The molecule has 10 nitrogen and oxygen atoms in total. The van der Waals surface area contributed by atoms with Crippen LogP contribution in [0, 0.1) is 29.6 Å². The van der Waals surface area contributed by atoms with E-state index in [9.17, 15) is 14.4 Å². The predicted molar refractivity (Wildman–Crippen MR) is 128 cm³/mol. The molecule has 0 radical (unpaired) electrons. The summed E-state index contributed by atoms with van der Waals surface area (Å²) in [5.74, 6) is -1.48. The Balaban J connectivity index is 1.19. The van der Waals surface area contributed by atoms with Crippen LogP contribution in [0.5, 0.6) is 0 Å². The summed E-state index contributed by atoms with van der Waals surface area (Å²) in [5, 5.41) is 0. The van der Waals surface area contributed by atoms with Gasteiger partial charge in [0.2, 0.25) is 18.0 Å². The van der Waals surface area contributed by atoms with Crippen molar-refractivity contribution in [2.24, 2.45) is 29.6 Å². The van der Waals surface area contributed by atoms with Gasteiger partial charge in [-0.25, -0.2) is 9.78 Å². The van der Waals surface area contributed by atoms with Crippen molar-refractivity contribution in [3.05, 3.63) is 0 Å². The average molecular weight is 524 g/mol. The van der Waals surface area contributed by atoms with Crippen LogP contribution >= 0.6 is 0 Å². The van der Waals surface area contributed by atoms with Gasteiger partial charge in [0, 0.05) is 37.8 Å². The van der Waals surface area contributed by atoms with Crippen LogP contribution in [0.3, 0.4) is 0 Å². The van der Waals surface area contributed by atoms with Crippen LogP contribution in [-0.4, -0.2) is 66.4 Å². The number of amides is 1. The number of fused-ring (bicyclic) bond motifs is 2. The van der Waals surface area contributed by atoms with E-state index in [0.29, 0.717) is 38.5 Å². The SMILES string of the molecule is CCOC(=O)[C@@H]1CCCN(C(=O)CCC(=O)O[C@@H]2O[C@@H]3O[C@@]4(C)CC[C@@H]5[C@H](C)CC[C@H]([C@H]2C)[C@@]35OO4)C1. The van der Waals surface area contributed by atoms with E-state index in [1.54, 1.807) is 11.8 Å². The van der Waals surface area contributed by atoms with Gasteiger partial charge in [-0.15, -0.1) is 0 Å². The molecule has 1 aliphatic carbocycles. The molecule has 1 spiro atoms. The molecule has 37 heavy (non-hydrogen) atoms. The van der Waals surface area contributed by atoms with E-state index in [1.807, 2.05) is 13.8 Å². The van der Waals surface area contributed by atoms with Gasteiger partial charge in [-0.1, -0.05) is 13.8 Å². The number of ether oxygens (including phenoxy) is 4. The highest BCUT2D eigenvalue weighted by atomic mass is 17.3. The molecule has 10 heteroatoms. The molecule has 0 aromatic heterocycles. The molecular formula is C27H41NO9. The van der Waals surface area contributed by atoms with Crippen molar-refractivity contribution in [2.75, 3.05) is 19.7 Å². The maximum atomic E-state index is 12.8. The molecule has 1 saturated carbocycles. The van der Waals surface area contributed by atoms with Crippen molar-refractivity contribution in [1.82, 2.24) is 4.90 Å². The number of rotatable bonds is 6. The minimum Gasteiger partial charge on any atom is -0.466 e. The molecule has 6 aliphatic rings. The highest BCUT2D eigenvalue weighted by Gasteiger charge is 2.69. The van der Waals surface area contributed by atoms with Crippen LogP contribution in [0.2, 0.25) is 0 Å². The Morgan fingerprint density at radius 2 is 1.84 bits per heavy atom. The second kappa shape index (κ2) is 10.4. The summed E-state index contributed by atoms with van der Waals surface area (Å²) in [5.41, 5.74) is -0.713. The molecule has 2 bridgehead atoms. The molecule has 5 saturated heterocycles. The Hall–Kier alpha value is -1.75. The maximum Gasteiger partial charge on any atom is 0.310 e. The van der Waals surface area contributed by atoms with Crippen molar-refractivity contribution in [2.45, 2.75) is 103 Å². The zero-order valence-corrected chi connectivity index (χ0v) is 22.4. The molecule has 9 atom stereocenters. The van der Waals surface area contributed by atoms with Crippen LogP contribution in [-0.2, 0) is 43.1 Å². The molecule has 6 rings (SSSR count). The molecule has 6 fully saturated rings. The van der Waals surface area contributed by atoms with E-state index >= 15 is 0 Å². The average Bonchev–Trinajstić information content (AvgIpc) is 3.11. The van der Waals surface area contributed by atoms with E-state index in [2.05, 4.69) is 6.92 Å². The van der Waals surface area contributed by atoms with Crippen molar-refractivity contribution < 1.29 is 43.1 Å². The molecule has 0 N–H and O–H groups in total. The topological polar surface area (TPSA) is 110 Å². The first-order valence-electron chi connectivity index (χ1n) is 14.0. The third-order valence-corrected chi connectivity index (χ3v) is 9.28. The highest BCUT2D eigenvalue weighted by molar-refractivity contribution is 5.82. The lowest BCUT2D eigenvalue weighted by atomic mass is 9.58. The Morgan fingerprint density at radius 1 is 1.03 bits per heavy atom. The molecule has 0 aromatic carbocycles. The first kappa shape index (κ1) is 26.8. The van der Waals surface area contributed by atoms with Crippen LogP contribution in [0.4, 0.5) is 0 Å². The minimum atomic E-state index is -0.894. The quantitative estimate of drug-likeness (QED) is 0.382. The van der Waals surface area contributed by atoms with E-state index in [-0.39, 0.29) is 48.4 Å². The highest BCUT2D eigenvalue weighted by Crippen LogP contribution is 2.60. The fraction of sp³-hybridized carbons (Fsp3) is 0.889. The van der Waals surface area contributed by atoms with E-state index in [1.165, 1.54) is 0 Å². The molecule has 5 aliphatic heterocycles. The number of carbonyl (C=O) groups excluding carboxylic acids is 3. The van der Waals surface area contributed by atoms with E-state index in [0.717, 1.165) is 25.7 Å². The molecule has 5 heterocycles. The summed E-state index contributed by atoms with van der Waals surface area (Å²) in [4.78, 5) is 51.3. The number of hydrogen-bond acceptors (Lipinski definition) is 9. The van der Waals surface area contributed by atoms with Crippen molar-refractivity contribution in [1.29, 1.82) is 0 Å². The lowest BCUT2D eigenvalue weighted by Crippen LogP contribution is -2.70.